The van der Waals surface area contributed by atoms with Gasteiger partial charge in [-0.2, -0.15) is 0 Å². The first-order valence-corrected chi connectivity index (χ1v) is 7.56. The lowest BCUT2D eigenvalue weighted by Crippen LogP contribution is -2.48. The van der Waals surface area contributed by atoms with E-state index < -0.39 is 0 Å². The van der Waals surface area contributed by atoms with Gasteiger partial charge in [-0.25, -0.2) is 0 Å². The molecule has 1 aliphatic rings. The summed E-state index contributed by atoms with van der Waals surface area (Å²) in [7, 11) is 1.75. The lowest BCUT2D eigenvalue weighted by Gasteiger charge is -2.38. The maximum atomic E-state index is 6.25. The Bertz CT molecular complexity index is 229. The molecule has 1 rings (SSSR count). The van der Waals surface area contributed by atoms with Crippen molar-refractivity contribution in [3.63, 3.8) is 0 Å². The van der Waals surface area contributed by atoms with Crippen molar-refractivity contribution in [3.05, 3.63) is 0 Å². The molecule has 0 aromatic carbocycles. The minimum atomic E-state index is -0.212. The van der Waals surface area contributed by atoms with Gasteiger partial charge in [-0.15, -0.1) is 0 Å². The molecule has 0 aliphatic carbocycles. The van der Waals surface area contributed by atoms with Crippen LogP contribution in [0.25, 0.3) is 0 Å². The minimum absolute atomic E-state index is 0.117. The molecule has 2 N–H and O–H groups in total. The highest BCUT2D eigenvalue weighted by Gasteiger charge is 2.28. The topological polar surface area (TPSA) is 38.5 Å². The van der Waals surface area contributed by atoms with Gasteiger partial charge in [-0.3, -0.25) is 0 Å². The number of likely N-dealkylation sites (tertiary alicyclic amines) is 1. The molecule has 0 saturated carbocycles. The van der Waals surface area contributed by atoms with Gasteiger partial charge in [0, 0.05) is 25.7 Å². The third-order valence-corrected chi connectivity index (χ3v) is 4.52. The summed E-state index contributed by atoms with van der Waals surface area (Å²) in [5, 5.41) is 0. The summed E-state index contributed by atoms with van der Waals surface area (Å²) >= 11 is 0. The molecule has 3 nitrogen and oxygen atoms in total. The van der Waals surface area contributed by atoms with Crippen LogP contribution < -0.4 is 5.73 Å². The molecule has 3 heteroatoms. The number of hydrogen-bond donors (Lipinski definition) is 1. The first kappa shape index (κ1) is 15.9. The molecule has 0 aromatic heterocycles. The van der Waals surface area contributed by atoms with Gasteiger partial charge in [0.15, 0.2) is 0 Å². The van der Waals surface area contributed by atoms with E-state index >= 15 is 0 Å². The second kappa shape index (κ2) is 7.46. The summed E-state index contributed by atoms with van der Waals surface area (Å²) in [5.41, 5.74) is 6.03. The van der Waals surface area contributed by atoms with Crippen molar-refractivity contribution in [2.45, 2.75) is 77.0 Å². The Hall–Kier alpha value is -0.120. The van der Waals surface area contributed by atoms with Crippen molar-refractivity contribution in [1.29, 1.82) is 0 Å². The van der Waals surface area contributed by atoms with Crippen LogP contribution in [0.5, 0.6) is 0 Å². The van der Waals surface area contributed by atoms with E-state index in [2.05, 4.69) is 25.7 Å². The van der Waals surface area contributed by atoms with Gasteiger partial charge in [0.2, 0.25) is 0 Å². The summed E-state index contributed by atoms with van der Waals surface area (Å²) in [4.78, 5) is 2.65. The largest absolute Gasteiger partial charge is 0.377 e. The molecule has 108 valence electrons. The van der Waals surface area contributed by atoms with Gasteiger partial charge >= 0.3 is 0 Å². The summed E-state index contributed by atoms with van der Waals surface area (Å²) < 4.78 is 5.47. The lowest BCUT2D eigenvalue weighted by atomic mass is 9.94. The van der Waals surface area contributed by atoms with Crippen molar-refractivity contribution in [2.24, 2.45) is 5.73 Å². The van der Waals surface area contributed by atoms with E-state index in [1.165, 1.54) is 38.6 Å². The molecule has 1 saturated heterocycles. The van der Waals surface area contributed by atoms with Gasteiger partial charge < -0.3 is 15.4 Å². The highest BCUT2D eigenvalue weighted by molar-refractivity contribution is 4.85. The maximum Gasteiger partial charge on any atom is 0.0773 e. The summed E-state index contributed by atoms with van der Waals surface area (Å²) in [6.07, 6.45) is 7.78. The summed E-state index contributed by atoms with van der Waals surface area (Å²) in [6.45, 7) is 8.82. The van der Waals surface area contributed by atoms with Crippen LogP contribution in [0, 0.1) is 0 Å². The molecule has 0 radical (unpaired) electrons. The molecule has 1 heterocycles. The number of methoxy groups -OCH3 is 1. The summed E-state index contributed by atoms with van der Waals surface area (Å²) in [5.74, 6) is 0. The molecule has 0 bridgehead atoms. The minimum Gasteiger partial charge on any atom is -0.377 e. The number of nitrogens with zero attached hydrogens (tertiary/aromatic N) is 1. The molecule has 1 aliphatic heterocycles. The second-order valence-electron chi connectivity index (χ2n) is 6.18. The van der Waals surface area contributed by atoms with Gasteiger partial charge in [-0.05, 0) is 46.1 Å². The fourth-order valence-electron chi connectivity index (χ4n) is 2.82. The van der Waals surface area contributed by atoms with Gasteiger partial charge in [0.25, 0.3) is 0 Å². The Morgan fingerprint density at radius 1 is 1.39 bits per heavy atom. The zero-order valence-corrected chi connectivity index (χ0v) is 12.7. The number of piperidine rings is 1. The van der Waals surface area contributed by atoms with Crippen molar-refractivity contribution in [3.8, 4) is 0 Å². The van der Waals surface area contributed by atoms with Gasteiger partial charge in [0.05, 0.1) is 5.60 Å². The molecule has 2 atom stereocenters. The Balaban J connectivity index is 2.40. The van der Waals surface area contributed by atoms with Gasteiger partial charge in [0.1, 0.15) is 0 Å². The number of nitrogens with two attached hydrogens (primary N) is 1. The molecule has 2 unspecified atom stereocenters. The number of hydrogen-bond acceptors (Lipinski definition) is 3. The van der Waals surface area contributed by atoms with E-state index in [9.17, 15) is 0 Å². The van der Waals surface area contributed by atoms with Crippen LogP contribution in [0.2, 0.25) is 0 Å². The van der Waals surface area contributed by atoms with E-state index in [4.69, 9.17) is 10.5 Å². The Kier molecular flexibility index (Phi) is 6.61. The molecule has 0 amide bonds. The molecular formula is C15H32N2O. The average molecular weight is 256 g/mol. The van der Waals surface area contributed by atoms with Crippen molar-refractivity contribution >= 4 is 0 Å². The predicted octanol–water partition coefficient (Wildman–Crippen LogP) is 2.78. The second-order valence-corrected chi connectivity index (χ2v) is 6.18. The standard InChI is InChI=1S/C15H32N2O/c1-5-8-13-9-6-7-11-17(13)12-10-14(16)15(2,3)18-4/h13-14H,5-12,16H2,1-4H3. The van der Waals surface area contributed by atoms with Crippen LogP contribution in [0.4, 0.5) is 0 Å². The first-order chi connectivity index (χ1) is 8.51. The van der Waals surface area contributed by atoms with Crippen molar-refractivity contribution in [1.82, 2.24) is 4.90 Å². The predicted molar refractivity (Wildman–Crippen MR) is 77.8 cm³/mol. The molecule has 18 heavy (non-hydrogen) atoms. The molecular weight excluding hydrogens is 224 g/mol. The van der Waals surface area contributed by atoms with E-state index in [0.29, 0.717) is 0 Å². The van der Waals surface area contributed by atoms with E-state index in [1.54, 1.807) is 7.11 Å². The highest BCUT2D eigenvalue weighted by Crippen LogP contribution is 2.22. The fraction of sp³-hybridized carbons (Fsp3) is 1.00. The first-order valence-electron chi connectivity index (χ1n) is 7.56. The SMILES string of the molecule is CCCC1CCCCN1CCC(N)C(C)(C)OC. The van der Waals surface area contributed by atoms with Crippen LogP contribution in [0.15, 0.2) is 0 Å². The Morgan fingerprint density at radius 3 is 2.72 bits per heavy atom. The van der Waals surface area contributed by atoms with Gasteiger partial charge in [-0.1, -0.05) is 19.8 Å². The zero-order valence-electron chi connectivity index (χ0n) is 12.7. The quantitative estimate of drug-likeness (QED) is 0.761. The van der Waals surface area contributed by atoms with Crippen LogP contribution in [0.3, 0.4) is 0 Å². The monoisotopic (exact) mass is 256 g/mol. The molecule has 0 spiro atoms. The zero-order chi connectivity index (χ0) is 13.6. The number of ether oxygens (including phenoxy) is 1. The average Bonchev–Trinajstić information content (AvgIpc) is 2.37. The normalized spacial score (nSPS) is 24.2. The van der Waals surface area contributed by atoms with Crippen molar-refractivity contribution < 1.29 is 4.74 Å². The van der Waals surface area contributed by atoms with E-state index in [1.807, 2.05) is 0 Å². The smallest absolute Gasteiger partial charge is 0.0773 e. The third kappa shape index (κ3) is 4.52. The molecule has 1 fully saturated rings. The van der Waals surface area contributed by atoms with Crippen LogP contribution in [-0.4, -0.2) is 42.8 Å². The Morgan fingerprint density at radius 2 is 2.11 bits per heavy atom. The van der Waals surface area contributed by atoms with E-state index in [-0.39, 0.29) is 11.6 Å². The summed E-state index contributed by atoms with van der Waals surface area (Å²) in [6, 6.07) is 0.910. The highest BCUT2D eigenvalue weighted by atomic mass is 16.5. The Labute approximate surface area is 113 Å². The molecule has 0 aromatic rings. The van der Waals surface area contributed by atoms with Crippen LogP contribution >= 0.6 is 0 Å². The van der Waals surface area contributed by atoms with Crippen LogP contribution in [0.1, 0.15) is 59.3 Å². The van der Waals surface area contributed by atoms with Crippen LogP contribution in [-0.2, 0) is 4.74 Å². The number of rotatable bonds is 7. The van der Waals surface area contributed by atoms with Crippen molar-refractivity contribution in [2.75, 3.05) is 20.2 Å². The maximum absolute atomic E-state index is 6.25. The lowest BCUT2D eigenvalue weighted by molar-refractivity contribution is -0.00583. The fourth-order valence-corrected chi connectivity index (χ4v) is 2.82. The van der Waals surface area contributed by atoms with E-state index in [0.717, 1.165) is 19.0 Å². The third-order valence-electron chi connectivity index (χ3n) is 4.52.